The molecule has 0 heterocycles. The molecule has 0 aliphatic carbocycles. The quantitative estimate of drug-likeness (QED) is 0.349. The van der Waals surface area contributed by atoms with Crippen molar-refractivity contribution in [1.29, 1.82) is 0 Å². The monoisotopic (exact) mass is 132 g/mol. The molecule has 0 atom stereocenters. The molecule has 0 rings (SSSR count). The minimum Gasteiger partial charge on any atom is -1.00 e. The van der Waals surface area contributed by atoms with Crippen molar-refractivity contribution in [2.75, 3.05) is 17.8 Å². The van der Waals surface area contributed by atoms with Crippen molar-refractivity contribution in [3.8, 4) is 0 Å². The summed E-state index contributed by atoms with van der Waals surface area (Å²) in [6, 6.07) is 0. The Kier molecular flexibility index (Phi) is 17.5. The van der Waals surface area contributed by atoms with E-state index in [1.54, 1.807) is 0 Å². The fourth-order valence-electron chi connectivity index (χ4n) is 0.0913. The summed E-state index contributed by atoms with van der Waals surface area (Å²) in [6.07, 6.45) is 2.08. The van der Waals surface area contributed by atoms with Crippen LogP contribution in [-0.4, -0.2) is 17.8 Å². The second-order valence-corrected chi connectivity index (χ2v) is 2.15. The molecule has 0 aromatic heterocycles. The van der Waals surface area contributed by atoms with Gasteiger partial charge in [-0.1, -0.05) is 0 Å². The fourth-order valence-corrected chi connectivity index (χ4v) is 0.822. The van der Waals surface area contributed by atoms with E-state index in [2.05, 4.69) is 18.9 Å². The summed E-state index contributed by atoms with van der Waals surface area (Å²) in [6.45, 7) is 0. The first-order chi connectivity index (χ1) is 2.41. The predicted molar refractivity (Wildman–Crippen MR) is 33.3 cm³/mol. The molecule has 0 spiro atoms. The van der Waals surface area contributed by atoms with Crippen molar-refractivity contribution in [2.45, 2.75) is 0 Å². The van der Waals surface area contributed by atoms with Gasteiger partial charge in [-0.05, 0) is 12.0 Å². The van der Waals surface area contributed by atoms with Gasteiger partial charge >= 0.3 is 29.6 Å². The van der Waals surface area contributed by atoms with Gasteiger partial charge in [0.1, 0.15) is 0 Å². The van der Waals surface area contributed by atoms with E-state index < -0.39 is 0 Å². The first-order valence-corrected chi connectivity index (χ1v) is 3.54. The van der Waals surface area contributed by atoms with Gasteiger partial charge in [0.15, 0.2) is 0 Å². The molecule has 0 saturated heterocycles. The smallest absolute Gasteiger partial charge is 1.00 e. The standard InChI is InChI=1S/C3H8S2.Na.H/c1-5-3-2-4;;/h4H,2-3H2,1H3;;/q;+1;-1. The molecule has 0 fully saturated rings. The van der Waals surface area contributed by atoms with Crippen LogP contribution in [0.5, 0.6) is 0 Å². The van der Waals surface area contributed by atoms with Crippen molar-refractivity contribution < 1.29 is 31.0 Å². The molecular weight excluding hydrogens is 123 g/mol. The third kappa shape index (κ3) is 9.20. The van der Waals surface area contributed by atoms with Gasteiger partial charge < -0.3 is 1.43 Å². The maximum Gasteiger partial charge on any atom is 1.00 e. The Bertz CT molecular complexity index is 20.4. The number of thiol groups is 1. The van der Waals surface area contributed by atoms with Crippen molar-refractivity contribution in [3.63, 3.8) is 0 Å². The van der Waals surface area contributed by atoms with Gasteiger partial charge in [-0.15, -0.1) is 0 Å². The van der Waals surface area contributed by atoms with E-state index in [0.29, 0.717) is 0 Å². The van der Waals surface area contributed by atoms with Crippen LogP contribution < -0.4 is 29.6 Å². The Labute approximate surface area is 72.6 Å². The summed E-state index contributed by atoms with van der Waals surface area (Å²) >= 11 is 5.81. The van der Waals surface area contributed by atoms with Crippen LogP contribution in [0.15, 0.2) is 0 Å². The Morgan fingerprint density at radius 2 is 2.33 bits per heavy atom. The van der Waals surface area contributed by atoms with Gasteiger partial charge in [0, 0.05) is 5.75 Å². The number of thioether (sulfide) groups is 1. The molecule has 0 radical (unpaired) electrons. The topological polar surface area (TPSA) is 0 Å². The van der Waals surface area contributed by atoms with Gasteiger partial charge in [-0.25, -0.2) is 0 Å². The van der Waals surface area contributed by atoms with Crippen LogP contribution in [0.1, 0.15) is 1.43 Å². The zero-order valence-corrected chi connectivity index (χ0v) is 7.98. The van der Waals surface area contributed by atoms with E-state index in [1.165, 1.54) is 5.75 Å². The molecule has 0 aromatic rings. The first kappa shape index (κ1) is 10.6. The van der Waals surface area contributed by atoms with Crippen LogP contribution in [-0.2, 0) is 0 Å². The van der Waals surface area contributed by atoms with E-state index in [-0.39, 0.29) is 31.0 Å². The summed E-state index contributed by atoms with van der Waals surface area (Å²) < 4.78 is 0. The Balaban J connectivity index is -0.0000000800. The summed E-state index contributed by atoms with van der Waals surface area (Å²) in [7, 11) is 0. The zero-order chi connectivity index (χ0) is 4.12. The van der Waals surface area contributed by atoms with Crippen LogP contribution in [0.2, 0.25) is 0 Å². The fraction of sp³-hybridized carbons (Fsp3) is 1.00. The molecule has 34 valence electrons. The van der Waals surface area contributed by atoms with E-state index in [4.69, 9.17) is 0 Å². The molecule has 6 heavy (non-hydrogen) atoms. The molecule has 0 nitrogen and oxygen atoms in total. The summed E-state index contributed by atoms with van der Waals surface area (Å²) in [5, 5.41) is 0. The average molecular weight is 132 g/mol. The third-order valence-corrected chi connectivity index (χ3v) is 1.43. The van der Waals surface area contributed by atoms with Crippen LogP contribution in [0.25, 0.3) is 0 Å². The van der Waals surface area contributed by atoms with E-state index in [1.807, 2.05) is 11.8 Å². The molecular formula is C3H9NaS2. The van der Waals surface area contributed by atoms with Gasteiger partial charge in [-0.3, -0.25) is 0 Å². The van der Waals surface area contributed by atoms with Gasteiger partial charge in [0.25, 0.3) is 0 Å². The van der Waals surface area contributed by atoms with Gasteiger partial charge in [0.05, 0.1) is 0 Å². The second-order valence-electron chi connectivity index (χ2n) is 0.716. The molecule has 0 bridgehead atoms. The summed E-state index contributed by atoms with van der Waals surface area (Å²) in [5.74, 6) is 2.17. The molecule has 0 amide bonds. The average Bonchev–Trinajstić information content (AvgIpc) is 1.41. The minimum atomic E-state index is 0. The van der Waals surface area contributed by atoms with Crippen molar-refractivity contribution in [3.05, 3.63) is 0 Å². The largest absolute Gasteiger partial charge is 1.00 e. The Hall–Kier alpha value is 1.70. The van der Waals surface area contributed by atoms with Gasteiger partial charge in [0.2, 0.25) is 0 Å². The van der Waals surface area contributed by atoms with Gasteiger partial charge in [-0.2, -0.15) is 24.4 Å². The van der Waals surface area contributed by atoms with Crippen molar-refractivity contribution in [2.24, 2.45) is 0 Å². The second kappa shape index (κ2) is 9.85. The Morgan fingerprint density at radius 3 is 2.33 bits per heavy atom. The SMILES string of the molecule is CSCCS.[H-].[Na+]. The molecule has 0 aromatic carbocycles. The minimum absolute atomic E-state index is 0. The molecule has 0 aliphatic heterocycles. The number of rotatable bonds is 2. The zero-order valence-electron chi connectivity index (χ0n) is 5.27. The first-order valence-electron chi connectivity index (χ1n) is 1.51. The normalized spacial score (nSPS) is 7.00. The predicted octanol–water partition coefficient (Wildman–Crippen LogP) is -1.60. The summed E-state index contributed by atoms with van der Waals surface area (Å²) in [4.78, 5) is 0. The maximum atomic E-state index is 3.98. The van der Waals surface area contributed by atoms with Crippen LogP contribution >= 0.6 is 24.4 Å². The summed E-state index contributed by atoms with van der Waals surface area (Å²) in [5.41, 5.74) is 0. The van der Waals surface area contributed by atoms with Crippen molar-refractivity contribution in [1.82, 2.24) is 0 Å². The van der Waals surface area contributed by atoms with E-state index >= 15 is 0 Å². The van der Waals surface area contributed by atoms with Crippen molar-refractivity contribution >= 4 is 24.4 Å². The molecule has 3 heteroatoms. The number of hydrogen-bond donors (Lipinski definition) is 1. The van der Waals surface area contributed by atoms with Crippen LogP contribution in [0.4, 0.5) is 0 Å². The molecule has 0 unspecified atom stereocenters. The number of hydrogen-bond acceptors (Lipinski definition) is 2. The molecule has 0 aliphatic rings. The molecule has 0 saturated carbocycles. The Morgan fingerprint density at radius 1 is 1.83 bits per heavy atom. The van der Waals surface area contributed by atoms with Crippen LogP contribution in [0.3, 0.4) is 0 Å². The van der Waals surface area contributed by atoms with E-state index in [9.17, 15) is 0 Å². The van der Waals surface area contributed by atoms with E-state index in [0.717, 1.165) is 5.75 Å². The third-order valence-electron chi connectivity index (χ3n) is 0.295. The molecule has 0 N–H and O–H groups in total. The maximum absolute atomic E-state index is 3.98. The van der Waals surface area contributed by atoms with Crippen LogP contribution in [0, 0.1) is 0 Å².